The molecule has 0 saturated carbocycles. The zero-order valence-corrected chi connectivity index (χ0v) is 19.3. The Morgan fingerprint density at radius 3 is 2.43 bits per heavy atom. The summed E-state index contributed by atoms with van der Waals surface area (Å²) in [4.78, 5) is 50.7. The summed E-state index contributed by atoms with van der Waals surface area (Å²) in [5.41, 5.74) is 2.15. The monoisotopic (exact) mass is 489 g/mol. The minimum atomic E-state index is -0.823. The number of amides is 5. The van der Waals surface area contributed by atoms with Crippen LogP contribution >= 0.6 is 11.6 Å². The molecule has 0 spiro atoms. The zero-order chi connectivity index (χ0) is 24.9. The zero-order valence-electron chi connectivity index (χ0n) is 18.6. The number of carbonyl (C=O) groups excluding carboxylic acids is 4. The number of carbonyl (C=O) groups is 4. The Hall–Kier alpha value is -4.43. The molecule has 3 aromatic rings. The molecule has 176 valence electrons. The molecule has 0 bridgehead atoms. The average Bonchev–Trinajstić information content (AvgIpc) is 2.83. The number of hydrogen-bond donors (Lipinski definition) is 2. The minimum absolute atomic E-state index is 0.182. The number of nitrogens with one attached hydrogen (secondary N) is 2. The van der Waals surface area contributed by atoms with Crippen molar-refractivity contribution in [3.63, 3.8) is 0 Å². The highest BCUT2D eigenvalue weighted by Crippen LogP contribution is 2.28. The second-order valence-corrected chi connectivity index (χ2v) is 8.09. The normalized spacial score (nSPS) is 14.6. The van der Waals surface area contributed by atoms with Gasteiger partial charge < -0.3 is 10.1 Å². The summed E-state index contributed by atoms with van der Waals surface area (Å²) < 4.78 is 5.49. The predicted octanol–water partition coefficient (Wildman–Crippen LogP) is 4.33. The first-order chi connectivity index (χ1) is 16.8. The van der Waals surface area contributed by atoms with Gasteiger partial charge in [0.1, 0.15) is 11.3 Å². The molecule has 1 aliphatic heterocycles. The minimum Gasteiger partial charge on any atom is -0.482 e. The maximum Gasteiger partial charge on any atom is 0.335 e. The molecule has 1 fully saturated rings. The Bertz CT molecular complexity index is 1340. The van der Waals surface area contributed by atoms with Gasteiger partial charge in [0.2, 0.25) is 0 Å². The lowest BCUT2D eigenvalue weighted by atomic mass is 10.1. The molecule has 0 aromatic heterocycles. The van der Waals surface area contributed by atoms with E-state index in [4.69, 9.17) is 16.3 Å². The molecule has 8 nitrogen and oxygen atoms in total. The van der Waals surface area contributed by atoms with Crippen LogP contribution in [0.2, 0.25) is 5.02 Å². The molecule has 2 N–H and O–H groups in total. The quantitative estimate of drug-likeness (QED) is 0.396. The number of rotatable bonds is 6. The lowest BCUT2D eigenvalue weighted by molar-refractivity contribution is -0.122. The van der Waals surface area contributed by atoms with Crippen LogP contribution in [-0.2, 0) is 14.4 Å². The number of para-hydroxylation sites is 1. The van der Waals surface area contributed by atoms with Crippen molar-refractivity contribution < 1.29 is 23.9 Å². The van der Waals surface area contributed by atoms with E-state index < -0.39 is 17.8 Å². The van der Waals surface area contributed by atoms with Crippen molar-refractivity contribution in [3.8, 4) is 5.75 Å². The molecule has 3 aromatic carbocycles. The van der Waals surface area contributed by atoms with E-state index in [1.165, 1.54) is 18.2 Å². The molecule has 4 rings (SSSR count). The molecule has 0 atom stereocenters. The van der Waals surface area contributed by atoms with Crippen molar-refractivity contribution >= 4 is 52.8 Å². The maximum atomic E-state index is 13.0. The van der Waals surface area contributed by atoms with Crippen LogP contribution in [0.25, 0.3) is 6.08 Å². The fourth-order valence-corrected chi connectivity index (χ4v) is 3.58. The van der Waals surface area contributed by atoms with Gasteiger partial charge >= 0.3 is 6.03 Å². The SMILES string of the molecule is Cc1ccc(N2C(=O)NC(=O)/C(=C\c3ccc(OCC(=O)Nc4ccccc4)c(Cl)c3)C2=O)cc1. The van der Waals surface area contributed by atoms with Crippen LogP contribution in [0.3, 0.4) is 0 Å². The highest BCUT2D eigenvalue weighted by atomic mass is 35.5. The molecule has 0 unspecified atom stereocenters. The first-order valence-corrected chi connectivity index (χ1v) is 10.9. The lowest BCUT2D eigenvalue weighted by Crippen LogP contribution is -2.54. The standard InChI is InChI=1S/C26H20ClN3O5/c1-16-7-10-19(11-8-16)30-25(33)20(24(32)29-26(30)34)13-17-9-12-22(21(27)14-17)35-15-23(31)28-18-5-3-2-4-6-18/h2-14H,15H2,1H3,(H,28,31)(H,29,32,34)/b20-13+. The third kappa shape index (κ3) is 5.56. The number of nitrogens with zero attached hydrogens (tertiary/aromatic N) is 1. The Morgan fingerprint density at radius 1 is 1.03 bits per heavy atom. The van der Waals surface area contributed by atoms with Crippen LogP contribution in [0, 0.1) is 6.92 Å². The molecule has 1 saturated heterocycles. The number of ether oxygens (including phenoxy) is 1. The molecule has 9 heteroatoms. The summed E-state index contributed by atoms with van der Waals surface area (Å²) in [7, 11) is 0. The van der Waals surface area contributed by atoms with Gasteiger partial charge in [-0.05, 0) is 55.0 Å². The second kappa shape index (κ2) is 10.2. The van der Waals surface area contributed by atoms with E-state index in [0.29, 0.717) is 16.9 Å². The second-order valence-electron chi connectivity index (χ2n) is 7.69. The first kappa shape index (κ1) is 23.7. The maximum absolute atomic E-state index is 13.0. The summed E-state index contributed by atoms with van der Waals surface area (Å²) in [5.74, 6) is -1.66. The Balaban J connectivity index is 1.48. The van der Waals surface area contributed by atoms with E-state index in [2.05, 4.69) is 10.6 Å². The molecular formula is C26H20ClN3O5. The van der Waals surface area contributed by atoms with Crippen LogP contribution in [0.4, 0.5) is 16.2 Å². The molecule has 1 heterocycles. The van der Waals surface area contributed by atoms with Gasteiger partial charge in [0.05, 0.1) is 10.7 Å². The Morgan fingerprint density at radius 2 is 1.74 bits per heavy atom. The summed E-state index contributed by atoms with van der Waals surface area (Å²) in [6, 6.07) is 19.5. The fraction of sp³-hybridized carbons (Fsp3) is 0.0769. The summed E-state index contributed by atoms with van der Waals surface area (Å²) in [5, 5.41) is 5.06. The molecule has 35 heavy (non-hydrogen) atoms. The average molecular weight is 490 g/mol. The Kier molecular flexibility index (Phi) is 6.93. The van der Waals surface area contributed by atoms with Gasteiger partial charge in [-0.1, -0.05) is 53.6 Å². The van der Waals surface area contributed by atoms with Crippen molar-refractivity contribution in [2.24, 2.45) is 0 Å². The third-order valence-electron chi connectivity index (χ3n) is 5.08. The van der Waals surface area contributed by atoms with Crippen LogP contribution in [-0.4, -0.2) is 30.4 Å². The van der Waals surface area contributed by atoms with E-state index in [9.17, 15) is 19.2 Å². The number of halogens is 1. The summed E-state index contributed by atoms with van der Waals surface area (Å²) in [6.07, 6.45) is 1.34. The number of barbiturate groups is 1. The van der Waals surface area contributed by atoms with Crippen molar-refractivity contribution in [1.29, 1.82) is 0 Å². The summed E-state index contributed by atoms with van der Waals surface area (Å²) in [6.45, 7) is 1.62. The molecule has 0 radical (unpaired) electrons. The molecule has 1 aliphatic rings. The predicted molar refractivity (Wildman–Crippen MR) is 132 cm³/mol. The van der Waals surface area contributed by atoms with Crippen molar-refractivity contribution in [3.05, 3.63) is 94.5 Å². The van der Waals surface area contributed by atoms with E-state index in [0.717, 1.165) is 10.5 Å². The van der Waals surface area contributed by atoms with Crippen molar-refractivity contribution in [2.45, 2.75) is 6.92 Å². The number of anilines is 2. The Labute approximate surface area is 206 Å². The lowest BCUT2D eigenvalue weighted by Gasteiger charge is -2.26. The smallest absolute Gasteiger partial charge is 0.335 e. The molecule has 0 aliphatic carbocycles. The van der Waals surface area contributed by atoms with Gasteiger partial charge in [-0.2, -0.15) is 0 Å². The van der Waals surface area contributed by atoms with E-state index in [1.54, 1.807) is 54.6 Å². The number of aryl methyl sites for hydroxylation is 1. The highest BCUT2D eigenvalue weighted by Gasteiger charge is 2.36. The van der Waals surface area contributed by atoms with E-state index in [-0.39, 0.29) is 28.9 Å². The van der Waals surface area contributed by atoms with Crippen molar-refractivity contribution in [1.82, 2.24) is 5.32 Å². The van der Waals surface area contributed by atoms with Gasteiger partial charge in [-0.25, -0.2) is 9.69 Å². The largest absolute Gasteiger partial charge is 0.482 e. The van der Waals surface area contributed by atoms with Gasteiger partial charge in [0, 0.05) is 5.69 Å². The third-order valence-corrected chi connectivity index (χ3v) is 5.37. The first-order valence-electron chi connectivity index (χ1n) is 10.6. The topological polar surface area (TPSA) is 105 Å². The van der Waals surface area contributed by atoms with Gasteiger partial charge in [0.25, 0.3) is 17.7 Å². The van der Waals surface area contributed by atoms with Crippen molar-refractivity contribution in [2.75, 3.05) is 16.8 Å². The fourth-order valence-electron chi connectivity index (χ4n) is 3.34. The number of urea groups is 1. The highest BCUT2D eigenvalue weighted by molar-refractivity contribution is 6.39. The van der Waals surface area contributed by atoms with Crippen LogP contribution < -0.4 is 20.3 Å². The number of benzene rings is 3. The van der Waals surface area contributed by atoms with Crippen LogP contribution in [0.1, 0.15) is 11.1 Å². The van der Waals surface area contributed by atoms with Gasteiger partial charge in [0.15, 0.2) is 6.61 Å². The number of hydrogen-bond acceptors (Lipinski definition) is 5. The summed E-state index contributed by atoms with van der Waals surface area (Å²) >= 11 is 6.29. The van der Waals surface area contributed by atoms with E-state index >= 15 is 0 Å². The van der Waals surface area contributed by atoms with Gasteiger partial charge in [-0.15, -0.1) is 0 Å². The number of imide groups is 2. The van der Waals surface area contributed by atoms with Gasteiger partial charge in [-0.3, -0.25) is 19.7 Å². The van der Waals surface area contributed by atoms with E-state index in [1.807, 2.05) is 13.0 Å². The molecular weight excluding hydrogens is 470 g/mol. The molecule has 5 amide bonds. The van der Waals surface area contributed by atoms with Crippen LogP contribution in [0.5, 0.6) is 5.75 Å². The van der Waals surface area contributed by atoms with Crippen LogP contribution in [0.15, 0.2) is 78.4 Å².